The average Bonchev–Trinajstić information content (AvgIpc) is 2.53. The summed E-state index contributed by atoms with van der Waals surface area (Å²) in [7, 11) is 0. The summed E-state index contributed by atoms with van der Waals surface area (Å²) >= 11 is 0. The van der Waals surface area contributed by atoms with Gasteiger partial charge in [-0.05, 0) is 20.0 Å². The third-order valence-corrected chi connectivity index (χ3v) is 3.01. The van der Waals surface area contributed by atoms with E-state index in [4.69, 9.17) is 9.47 Å². The number of nitrogens with one attached hydrogen (secondary N) is 1. The normalized spacial score (nSPS) is 24.6. The monoisotopic (exact) mass is 214 g/mol. The van der Waals surface area contributed by atoms with E-state index < -0.39 is 0 Å². The summed E-state index contributed by atoms with van der Waals surface area (Å²) < 4.78 is 10.7. The molecule has 0 aromatic carbocycles. The zero-order chi connectivity index (χ0) is 10.7. The van der Waals surface area contributed by atoms with Crippen molar-refractivity contribution in [1.29, 1.82) is 0 Å². The van der Waals surface area contributed by atoms with Gasteiger partial charge >= 0.3 is 6.09 Å². The highest BCUT2D eigenvalue weighted by molar-refractivity contribution is 5.70. The van der Waals surface area contributed by atoms with E-state index in [2.05, 4.69) is 5.32 Å². The molecule has 2 aliphatic rings. The van der Waals surface area contributed by atoms with Crippen molar-refractivity contribution in [2.24, 2.45) is 0 Å². The van der Waals surface area contributed by atoms with Crippen molar-refractivity contribution < 1.29 is 14.3 Å². The van der Waals surface area contributed by atoms with Crippen LogP contribution in [0.1, 0.15) is 19.8 Å². The molecule has 0 aliphatic carbocycles. The molecular formula is C10H18N2O3. The number of carbonyl (C=O) groups is 1. The molecule has 1 amide bonds. The molecule has 5 heteroatoms. The van der Waals surface area contributed by atoms with Crippen molar-refractivity contribution in [3.63, 3.8) is 0 Å². The van der Waals surface area contributed by atoms with Crippen LogP contribution in [0.4, 0.5) is 4.79 Å². The number of piperidine rings is 1. The molecular weight excluding hydrogens is 196 g/mol. The highest BCUT2D eigenvalue weighted by Gasteiger charge is 2.45. The van der Waals surface area contributed by atoms with Crippen LogP contribution in [0.2, 0.25) is 0 Å². The van der Waals surface area contributed by atoms with Crippen LogP contribution in [0.5, 0.6) is 0 Å². The van der Waals surface area contributed by atoms with Gasteiger partial charge in [0, 0.05) is 19.4 Å². The molecule has 2 rings (SSSR count). The molecule has 2 fully saturated rings. The second kappa shape index (κ2) is 4.37. The Balaban J connectivity index is 1.92. The predicted octanol–water partition coefficient (Wildman–Crippen LogP) is 0.555. The van der Waals surface area contributed by atoms with Crippen LogP contribution >= 0.6 is 0 Å². The minimum Gasteiger partial charge on any atom is -0.441 e. The summed E-state index contributed by atoms with van der Waals surface area (Å²) in [5.74, 6) is 0. The molecule has 0 unspecified atom stereocenters. The van der Waals surface area contributed by atoms with E-state index in [1.165, 1.54) is 0 Å². The SMILES string of the molecule is CCOCN1CC2(CCNCC2)OC1=O. The quantitative estimate of drug-likeness (QED) is 0.745. The van der Waals surface area contributed by atoms with Crippen LogP contribution in [-0.4, -0.2) is 49.6 Å². The molecule has 2 heterocycles. The molecule has 0 aromatic rings. The molecule has 1 N–H and O–H groups in total. The van der Waals surface area contributed by atoms with Gasteiger partial charge in [0.15, 0.2) is 0 Å². The average molecular weight is 214 g/mol. The van der Waals surface area contributed by atoms with Crippen molar-refractivity contribution in [3.05, 3.63) is 0 Å². The number of ether oxygens (including phenoxy) is 2. The molecule has 2 aliphatic heterocycles. The Morgan fingerprint density at radius 1 is 1.53 bits per heavy atom. The molecule has 0 bridgehead atoms. The van der Waals surface area contributed by atoms with Crippen LogP contribution in [0.25, 0.3) is 0 Å². The number of hydrogen-bond acceptors (Lipinski definition) is 4. The van der Waals surface area contributed by atoms with Crippen molar-refractivity contribution in [1.82, 2.24) is 10.2 Å². The largest absolute Gasteiger partial charge is 0.441 e. The topological polar surface area (TPSA) is 50.8 Å². The Kier molecular flexibility index (Phi) is 3.11. The Morgan fingerprint density at radius 2 is 2.27 bits per heavy atom. The van der Waals surface area contributed by atoms with Gasteiger partial charge in [0.2, 0.25) is 0 Å². The van der Waals surface area contributed by atoms with Crippen LogP contribution in [-0.2, 0) is 9.47 Å². The van der Waals surface area contributed by atoms with Crippen molar-refractivity contribution in [3.8, 4) is 0 Å². The maximum absolute atomic E-state index is 11.6. The number of nitrogens with zero attached hydrogens (tertiary/aromatic N) is 1. The van der Waals surface area contributed by atoms with Crippen LogP contribution in [0.3, 0.4) is 0 Å². The molecule has 0 saturated carbocycles. The molecule has 0 aromatic heterocycles. The van der Waals surface area contributed by atoms with Gasteiger partial charge in [-0.3, -0.25) is 4.90 Å². The first-order valence-corrected chi connectivity index (χ1v) is 5.52. The summed E-state index contributed by atoms with van der Waals surface area (Å²) in [4.78, 5) is 13.2. The van der Waals surface area contributed by atoms with E-state index in [0.29, 0.717) is 19.9 Å². The van der Waals surface area contributed by atoms with Gasteiger partial charge < -0.3 is 14.8 Å². The molecule has 0 radical (unpaired) electrons. The van der Waals surface area contributed by atoms with Gasteiger partial charge in [-0.15, -0.1) is 0 Å². The molecule has 86 valence electrons. The minimum absolute atomic E-state index is 0.231. The smallest absolute Gasteiger partial charge is 0.412 e. The van der Waals surface area contributed by atoms with E-state index in [1.807, 2.05) is 6.92 Å². The highest BCUT2D eigenvalue weighted by Crippen LogP contribution is 2.30. The van der Waals surface area contributed by atoms with Crippen molar-refractivity contribution in [2.45, 2.75) is 25.4 Å². The third kappa shape index (κ3) is 2.23. The number of carbonyl (C=O) groups excluding carboxylic acids is 1. The van der Waals surface area contributed by atoms with Crippen molar-refractivity contribution in [2.75, 3.05) is 33.0 Å². The fourth-order valence-corrected chi connectivity index (χ4v) is 2.14. The maximum Gasteiger partial charge on any atom is 0.412 e. The zero-order valence-electron chi connectivity index (χ0n) is 9.12. The first kappa shape index (κ1) is 10.7. The Labute approximate surface area is 89.7 Å². The van der Waals surface area contributed by atoms with Crippen LogP contribution < -0.4 is 5.32 Å². The maximum atomic E-state index is 11.6. The van der Waals surface area contributed by atoms with Gasteiger partial charge in [0.1, 0.15) is 12.3 Å². The minimum atomic E-state index is -0.251. The summed E-state index contributed by atoms with van der Waals surface area (Å²) in [5.41, 5.74) is -0.251. The Bertz CT molecular complexity index is 239. The number of rotatable bonds is 3. The summed E-state index contributed by atoms with van der Waals surface area (Å²) in [5, 5.41) is 3.27. The lowest BCUT2D eigenvalue weighted by molar-refractivity contribution is 0.0315. The second-order valence-electron chi connectivity index (χ2n) is 4.12. The zero-order valence-corrected chi connectivity index (χ0v) is 9.12. The lowest BCUT2D eigenvalue weighted by atomic mass is 9.93. The van der Waals surface area contributed by atoms with E-state index in [9.17, 15) is 4.79 Å². The number of amides is 1. The first-order chi connectivity index (χ1) is 7.26. The molecule has 15 heavy (non-hydrogen) atoms. The van der Waals surface area contributed by atoms with Gasteiger partial charge in [-0.25, -0.2) is 4.79 Å². The lowest BCUT2D eigenvalue weighted by Crippen LogP contribution is -2.45. The van der Waals surface area contributed by atoms with E-state index in [0.717, 1.165) is 25.9 Å². The molecule has 0 atom stereocenters. The summed E-state index contributed by atoms with van der Waals surface area (Å²) in [6.07, 6.45) is 1.58. The van der Waals surface area contributed by atoms with Crippen LogP contribution in [0, 0.1) is 0 Å². The van der Waals surface area contributed by atoms with Gasteiger partial charge in [-0.1, -0.05) is 0 Å². The number of hydrogen-bond donors (Lipinski definition) is 1. The third-order valence-electron chi connectivity index (χ3n) is 3.01. The fraction of sp³-hybridized carbons (Fsp3) is 0.900. The molecule has 1 spiro atoms. The fourth-order valence-electron chi connectivity index (χ4n) is 2.14. The predicted molar refractivity (Wildman–Crippen MR) is 54.5 cm³/mol. The highest BCUT2D eigenvalue weighted by atomic mass is 16.6. The van der Waals surface area contributed by atoms with Gasteiger partial charge in [0.05, 0.1) is 6.54 Å². The Morgan fingerprint density at radius 3 is 2.93 bits per heavy atom. The Hall–Kier alpha value is -0.810. The summed E-state index contributed by atoms with van der Waals surface area (Å²) in [6.45, 7) is 5.42. The first-order valence-electron chi connectivity index (χ1n) is 5.52. The standard InChI is InChI=1S/C10H18N2O3/c1-2-14-8-12-7-10(15-9(12)13)3-5-11-6-4-10/h11H,2-8H2,1H3. The lowest BCUT2D eigenvalue weighted by Gasteiger charge is -2.31. The second-order valence-corrected chi connectivity index (χ2v) is 4.12. The van der Waals surface area contributed by atoms with Gasteiger partial charge in [-0.2, -0.15) is 0 Å². The van der Waals surface area contributed by atoms with E-state index in [-0.39, 0.29) is 11.7 Å². The van der Waals surface area contributed by atoms with E-state index in [1.54, 1.807) is 4.90 Å². The van der Waals surface area contributed by atoms with Gasteiger partial charge in [0.25, 0.3) is 0 Å². The van der Waals surface area contributed by atoms with Crippen molar-refractivity contribution >= 4 is 6.09 Å². The summed E-state index contributed by atoms with van der Waals surface area (Å²) in [6, 6.07) is 0. The van der Waals surface area contributed by atoms with Crippen LogP contribution in [0.15, 0.2) is 0 Å². The molecule has 2 saturated heterocycles. The van der Waals surface area contributed by atoms with E-state index >= 15 is 0 Å². The molecule has 5 nitrogen and oxygen atoms in total.